The zero-order valence-corrected chi connectivity index (χ0v) is 25.9. The monoisotopic (exact) mass is 558 g/mol. The van der Waals surface area contributed by atoms with Gasteiger partial charge in [0.1, 0.15) is 13.4 Å². The molecule has 1 heterocycles. The van der Waals surface area contributed by atoms with Crippen LogP contribution < -0.4 is 0 Å². The normalized spacial score (nSPS) is 28.7. The van der Waals surface area contributed by atoms with Gasteiger partial charge in [0.25, 0.3) is 0 Å². The van der Waals surface area contributed by atoms with Crippen molar-refractivity contribution in [3.63, 3.8) is 0 Å². The molecule has 0 amide bonds. The Hall–Kier alpha value is -1.69. The minimum Gasteiger partial charge on any atom is -0.364 e. The number of ether oxygens (including phenoxy) is 3. The molecule has 0 aromatic heterocycles. The topological polar surface area (TPSA) is 61.8 Å². The van der Waals surface area contributed by atoms with Gasteiger partial charge >= 0.3 is 0 Å². The van der Waals surface area contributed by atoms with Crippen LogP contribution in [0.15, 0.2) is 58.5 Å². The summed E-state index contributed by atoms with van der Waals surface area (Å²) in [4.78, 5) is 0.369. The second kappa shape index (κ2) is 13.6. The molecule has 4 atom stereocenters. The number of hydrogen-bond donors (Lipinski definition) is 0. The summed E-state index contributed by atoms with van der Waals surface area (Å²) in [5.41, 5.74) is 1.42. The molecule has 0 saturated carbocycles. The van der Waals surface area contributed by atoms with Crippen LogP contribution in [0.3, 0.4) is 0 Å². The van der Waals surface area contributed by atoms with E-state index >= 15 is 0 Å². The van der Waals surface area contributed by atoms with E-state index in [2.05, 4.69) is 57.5 Å². The summed E-state index contributed by atoms with van der Waals surface area (Å²) in [6.45, 7) is 14.9. The lowest BCUT2D eigenvalue weighted by atomic mass is 9.63. The van der Waals surface area contributed by atoms with E-state index in [0.29, 0.717) is 31.1 Å². The van der Waals surface area contributed by atoms with Crippen molar-refractivity contribution < 1.29 is 22.6 Å². The van der Waals surface area contributed by atoms with Gasteiger partial charge in [-0.15, -0.1) is 5.92 Å². The van der Waals surface area contributed by atoms with Crippen LogP contribution in [0.4, 0.5) is 0 Å². The zero-order valence-electron chi connectivity index (χ0n) is 24.1. The first-order valence-electron chi connectivity index (χ1n) is 13.8. The van der Waals surface area contributed by atoms with Gasteiger partial charge in [-0.2, -0.15) is 0 Å². The Morgan fingerprint density at radius 1 is 1.16 bits per heavy atom. The summed E-state index contributed by atoms with van der Waals surface area (Å²) >= 11 is 0. The molecule has 38 heavy (non-hydrogen) atoms. The third-order valence-corrected chi connectivity index (χ3v) is 12.0. The SMILES string of the molecule is C/C1=C\CCC#CCOCC2=C[C@@H](OCOCC[Si](C)(C)C)C[C@@H](C)[C@]2(C)[C@H](S(=O)(=O)c2ccccc2)C1. The molecule has 0 radical (unpaired) electrons. The van der Waals surface area contributed by atoms with Crippen LogP contribution >= 0.6 is 0 Å². The first kappa shape index (κ1) is 30.8. The fourth-order valence-electron chi connectivity index (χ4n) is 5.33. The second-order valence-corrected chi connectivity index (χ2v) is 19.9. The Bertz CT molecular complexity index is 1140. The molecular formula is C31H46O5SSi. The molecule has 0 unspecified atom stereocenters. The van der Waals surface area contributed by atoms with E-state index in [1.807, 2.05) is 13.0 Å². The van der Waals surface area contributed by atoms with E-state index in [1.165, 1.54) is 0 Å². The van der Waals surface area contributed by atoms with E-state index in [4.69, 9.17) is 14.2 Å². The van der Waals surface area contributed by atoms with Gasteiger partial charge in [0, 0.05) is 26.5 Å². The first-order valence-corrected chi connectivity index (χ1v) is 19.1. The largest absolute Gasteiger partial charge is 0.364 e. The predicted molar refractivity (Wildman–Crippen MR) is 157 cm³/mol. The van der Waals surface area contributed by atoms with Crippen LogP contribution in [0.1, 0.15) is 46.5 Å². The molecule has 0 bridgehead atoms. The van der Waals surface area contributed by atoms with Crippen LogP contribution in [-0.4, -0.2) is 54.5 Å². The van der Waals surface area contributed by atoms with Crippen molar-refractivity contribution in [2.24, 2.45) is 11.3 Å². The van der Waals surface area contributed by atoms with E-state index in [1.54, 1.807) is 24.3 Å². The molecule has 7 heteroatoms. The minimum atomic E-state index is -3.64. The van der Waals surface area contributed by atoms with Crippen LogP contribution in [0, 0.1) is 23.2 Å². The Morgan fingerprint density at radius 2 is 1.89 bits per heavy atom. The van der Waals surface area contributed by atoms with Crippen LogP contribution in [0.2, 0.25) is 25.7 Å². The van der Waals surface area contributed by atoms with Gasteiger partial charge in [0.15, 0.2) is 9.84 Å². The molecule has 0 fully saturated rings. The molecular weight excluding hydrogens is 512 g/mol. The highest BCUT2D eigenvalue weighted by Gasteiger charge is 2.51. The molecule has 1 aliphatic carbocycles. The van der Waals surface area contributed by atoms with Crippen molar-refractivity contribution in [1.82, 2.24) is 0 Å². The highest BCUT2D eigenvalue weighted by molar-refractivity contribution is 7.92. The predicted octanol–water partition coefficient (Wildman–Crippen LogP) is 6.65. The van der Waals surface area contributed by atoms with Crippen molar-refractivity contribution in [3.8, 4) is 11.8 Å². The Labute approximate surface area is 232 Å². The summed E-state index contributed by atoms with van der Waals surface area (Å²) in [5, 5.41) is -0.630. The molecule has 3 rings (SSSR count). The Balaban J connectivity index is 1.96. The molecule has 210 valence electrons. The zero-order chi connectivity index (χ0) is 27.8. The van der Waals surface area contributed by atoms with Crippen molar-refractivity contribution in [2.75, 3.05) is 26.6 Å². The van der Waals surface area contributed by atoms with Crippen LogP contribution in [0.25, 0.3) is 0 Å². The lowest BCUT2D eigenvalue weighted by molar-refractivity contribution is -0.0845. The Morgan fingerprint density at radius 3 is 2.61 bits per heavy atom. The van der Waals surface area contributed by atoms with Gasteiger partial charge in [-0.25, -0.2) is 8.42 Å². The molecule has 0 N–H and O–H groups in total. The average Bonchev–Trinajstić information content (AvgIpc) is 2.87. The van der Waals surface area contributed by atoms with Gasteiger partial charge in [0.05, 0.1) is 22.9 Å². The number of hydrogen-bond acceptors (Lipinski definition) is 5. The van der Waals surface area contributed by atoms with E-state index in [-0.39, 0.29) is 18.8 Å². The minimum absolute atomic E-state index is 0.0468. The summed E-state index contributed by atoms with van der Waals surface area (Å²) in [6, 6.07) is 9.97. The average molecular weight is 559 g/mol. The van der Waals surface area contributed by atoms with E-state index < -0.39 is 28.6 Å². The highest BCUT2D eigenvalue weighted by atomic mass is 32.2. The maximum atomic E-state index is 14.3. The van der Waals surface area contributed by atoms with Crippen molar-refractivity contribution in [2.45, 2.75) is 88.4 Å². The summed E-state index contributed by atoms with van der Waals surface area (Å²) < 4.78 is 46.5. The molecule has 1 aliphatic heterocycles. The lowest BCUT2D eigenvalue weighted by Gasteiger charge is -2.48. The third kappa shape index (κ3) is 8.16. The number of fused-ring (bicyclic) bond motifs is 1. The van der Waals surface area contributed by atoms with Crippen molar-refractivity contribution >= 4 is 17.9 Å². The maximum absolute atomic E-state index is 14.3. The fourth-order valence-corrected chi connectivity index (χ4v) is 8.47. The molecule has 1 aromatic rings. The van der Waals surface area contributed by atoms with Gasteiger partial charge in [0.2, 0.25) is 0 Å². The van der Waals surface area contributed by atoms with Gasteiger partial charge in [-0.1, -0.05) is 75.3 Å². The first-order chi connectivity index (χ1) is 17.9. The number of allylic oxidation sites excluding steroid dienone is 2. The lowest BCUT2D eigenvalue weighted by Crippen LogP contribution is -2.49. The van der Waals surface area contributed by atoms with Crippen LogP contribution in [-0.2, 0) is 24.0 Å². The second-order valence-electron chi connectivity index (χ2n) is 12.1. The van der Waals surface area contributed by atoms with E-state index in [0.717, 1.165) is 36.5 Å². The summed E-state index contributed by atoms with van der Waals surface area (Å²) in [7, 11) is -4.80. The Kier molecular flexibility index (Phi) is 11.0. The highest BCUT2D eigenvalue weighted by Crippen LogP contribution is 2.50. The maximum Gasteiger partial charge on any atom is 0.182 e. The number of sulfone groups is 1. The van der Waals surface area contributed by atoms with Crippen LogP contribution in [0.5, 0.6) is 0 Å². The van der Waals surface area contributed by atoms with E-state index in [9.17, 15) is 8.42 Å². The molecule has 1 aromatic carbocycles. The smallest absolute Gasteiger partial charge is 0.182 e. The summed E-state index contributed by atoms with van der Waals surface area (Å²) in [6.07, 6.45) is 6.82. The standard InChI is InChI=1S/C31H46O5SSi/c1-25-14-10-7-8-13-17-34-23-27-22-28(36-24-35-18-19-38(4,5)6)21-26(2)31(27,3)30(20-25)37(32,33)29-15-11-9-12-16-29/h9,11-12,14-16,22,26,28,30H,7,10,17-21,23-24H2,1-6H3/b25-14+/t26-,28+,30-,31+/m1/s1. The summed E-state index contributed by atoms with van der Waals surface area (Å²) in [5.74, 6) is 6.31. The molecule has 5 nitrogen and oxygen atoms in total. The van der Waals surface area contributed by atoms with Gasteiger partial charge in [-0.3, -0.25) is 0 Å². The van der Waals surface area contributed by atoms with Crippen molar-refractivity contribution in [1.29, 1.82) is 0 Å². The quantitative estimate of drug-likeness (QED) is 0.118. The number of rotatable bonds is 8. The van der Waals surface area contributed by atoms with Gasteiger partial charge in [-0.05, 0) is 55.9 Å². The van der Waals surface area contributed by atoms with Crippen molar-refractivity contribution in [3.05, 3.63) is 53.6 Å². The molecule has 0 spiro atoms. The van der Waals surface area contributed by atoms with Gasteiger partial charge < -0.3 is 14.2 Å². The third-order valence-electron chi connectivity index (χ3n) is 7.99. The number of benzene rings is 1. The molecule has 0 saturated heterocycles. The molecule has 2 aliphatic rings. The fraction of sp³-hybridized carbons (Fsp3) is 0.613.